The highest BCUT2D eigenvalue weighted by Crippen LogP contribution is 2.46. The van der Waals surface area contributed by atoms with Gasteiger partial charge in [-0.25, -0.2) is 0 Å². The topological polar surface area (TPSA) is 54.0 Å². The van der Waals surface area contributed by atoms with E-state index in [0.29, 0.717) is 28.6 Å². The molecular formula is C14H18O5. The smallest absolute Gasteiger partial charge is 0.207 e. The minimum absolute atomic E-state index is 0.0594. The summed E-state index contributed by atoms with van der Waals surface area (Å²) in [5.41, 5.74) is 0.673. The fourth-order valence-electron chi connectivity index (χ4n) is 1.69. The standard InChI is InChI=1S/C14H18O5/c1-9(15)6-7-10-8-11(16-2)13(18-4)14(19-5)12(10)17-3/h6-8H,1-5H3/b7-6+. The minimum atomic E-state index is -0.0594. The Balaban J connectivity index is 3.50. The molecule has 0 radical (unpaired) electrons. The molecule has 0 spiro atoms. The van der Waals surface area contributed by atoms with Gasteiger partial charge in [-0.15, -0.1) is 0 Å². The van der Waals surface area contributed by atoms with Crippen LogP contribution in [0.25, 0.3) is 6.08 Å². The zero-order valence-corrected chi connectivity index (χ0v) is 11.8. The number of methoxy groups -OCH3 is 4. The number of rotatable bonds is 6. The van der Waals surface area contributed by atoms with E-state index in [4.69, 9.17) is 18.9 Å². The van der Waals surface area contributed by atoms with Gasteiger partial charge in [0.05, 0.1) is 28.4 Å². The first kappa shape index (κ1) is 14.9. The summed E-state index contributed by atoms with van der Waals surface area (Å²) < 4.78 is 21.1. The van der Waals surface area contributed by atoms with Crippen molar-refractivity contribution in [2.45, 2.75) is 6.92 Å². The van der Waals surface area contributed by atoms with Crippen molar-refractivity contribution in [3.8, 4) is 23.0 Å². The first-order chi connectivity index (χ1) is 9.08. The molecule has 1 rings (SSSR count). The van der Waals surface area contributed by atoms with Gasteiger partial charge in [0.2, 0.25) is 11.5 Å². The van der Waals surface area contributed by atoms with Crippen LogP contribution in [0.5, 0.6) is 23.0 Å². The van der Waals surface area contributed by atoms with Crippen LogP contribution in [0.1, 0.15) is 12.5 Å². The molecule has 0 atom stereocenters. The Morgan fingerprint density at radius 1 is 0.947 bits per heavy atom. The highest BCUT2D eigenvalue weighted by Gasteiger charge is 2.20. The van der Waals surface area contributed by atoms with Gasteiger partial charge in [-0.2, -0.15) is 0 Å². The summed E-state index contributed by atoms with van der Waals surface area (Å²) in [5.74, 6) is 1.80. The van der Waals surface area contributed by atoms with Gasteiger partial charge in [0, 0.05) is 5.56 Å². The summed E-state index contributed by atoms with van der Waals surface area (Å²) in [6.07, 6.45) is 3.09. The number of ketones is 1. The van der Waals surface area contributed by atoms with Crippen LogP contribution in [-0.4, -0.2) is 34.2 Å². The van der Waals surface area contributed by atoms with E-state index in [9.17, 15) is 4.79 Å². The van der Waals surface area contributed by atoms with Crippen LogP contribution in [0.3, 0.4) is 0 Å². The monoisotopic (exact) mass is 266 g/mol. The third-order valence-electron chi connectivity index (χ3n) is 2.51. The molecule has 19 heavy (non-hydrogen) atoms. The van der Waals surface area contributed by atoms with E-state index < -0.39 is 0 Å². The van der Waals surface area contributed by atoms with E-state index in [2.05, 4.69) is 0 Å². The lowest BCUT2D eigenvalue weighted by atomic mass is 10.1. The number of benzene rings is 1. The first-order valence-corrected chi connectivity index (χ1v) is 5.64. The fourth-order valence-corrected chi connectivity index (χ4v) is 1.69. The average molecular weight is 266 g/mol. The molecular weight excluding hydrogens is 248 g/mol. The molecule has 0 amide bonds. The third-order valence-corrected chi connectivity index (χ3v) is 2.51. The second kappa shape index (κ2) is 6.68. The molecule has 1 aromatic rings. The number of hydrogen-bond donors (Lipinski definition) is 0. The average Bonchev–Trinajstić information content (AvgIpc) is 2.42. The summed E-state index contributed by atoms with van der Waals surface area (Å²) >= 11 is 0. The van der Waals surface area contributed by atoms with Crippen LogP contribution in [-0.2, 0) is 4.79 Å². The molecule has 0 bridgehead atoms. The number of allylic oxidation sites excluding steroid dienone is 1. The maximum atomic E-state index is 11.0. The lowest BCUT2D eigenvalue weighted by Gasteiger charge is -2.17. The van der Waals surface area contributed by atoms with Crippen molar-refractivity contribution in [1.29, 1.82) is 0 Å². The minimum Gasteiger partial charge on any atom is -0.493 e. The Morgan fingerprint density at radius 2 is 1.53 bits per heavy atom. The Bertz CT molecular complexity index is 491. The Morgan fingerprint density at radius 3 is 1.95 bits per heavy atom. The largest absolute Gasteiger partial charge is 0.493 e. The van der Waals surface area contributed by atoms with Crippen molar-refractivity contribution < 1.29 is 23.7 Å². The highest BCUT2D eigenvalue weighted by atomic mass is 16.5. The van der Waals surface area contributed by atoms with E-state index in [1.54, 1.807) is 12.1 Å². The SMILES string of the molecule is COc1cc(/C=C/C(C)=O)c(OC)c(OC)c1OC. The molecule has 5 nitrogen and oxygen atoms in total. The predicted octanol–water partition coefficient (Wildman–Crippen LogP) is 2.32. The molecule has 0 aliphatic rings. The quantitative estimate of drug-likeness (QED) is 0.740. The van der Waals surface area contributed by atoms with Crippen molar-refractivity contribution in [3.05, 3.63) is 17.7 Å². The molecule has 0 aliphatic heterocycles. The van der Waals surface area contributed by atoms with Crippen molar-refractivity contribution in [2.24, 2.45) is 0 Å². The van der Waals surface area contributed by atoms with Crippen LogP contribution >= 0.6 is 0 Å². The van der Waals surface area contributed by atoms with Gasteiger partial charge in [0.15, 0.2) is 17.3 Å². The zero-order chi connectivity index (χ0) is 14.4. The highest BCUT2D eigenvalue weighted by molar-refractivity contribution is 5.92. The molecule has 0 fully saturated rings. The normalized spacial score (nSPS) is 10.4. The van der Waals surface area contributed by atoms with Crippen molar-refractivity contribution in [3.63, 3.8) is 0 Å². The molecule has 5 heteroatoms. The summed E-state index contributed by atoms with van der Waals surface area (Å²) in [7, 11) is 6.08. The van der Waals surface area contributed by atoms with Crippen molar-refractivity contribution in [1.82, 2.24) is 0 Å². The lowest BCUT2D eigenvalue weighted by Crippen LogP contribution is -1.99. The van der Waals surface area contributed by atoms with E-state index in [1.807, 2.05) is 0 Å². The lowest BCUT2D eigenvalue weighted by molar-refractivity contribution is -0.112. The van der Waals surface area contributed by atoms with Gasteiger partial charge in [-0.05, 0) is 25.1 Å². The van der Waals surface area contributed by atoms with Crippen LogP contribution < -0.4 is 18.9 Å². The van der Waals surface area contributed by atoms with E-state index >= 15 is 0 Å². The van der Waals surface area contributed by atoms with Gasteiger partial charge in [-0.3, -0.25) is 4.79 Å². The molecule has 104 valence electrons. The number of hydrogen-bond acceptors (Lipinski definition) is 5. The predicted molar refractivity (Wildman–Crippen MR) is 72.4 cm³/mol. The van der Waals surface area contributed by atoms with Gasteiger partial charge in [0.25, 0.3) is 0 Å². The maximum absolute atomic E-state index is 11.0. The van der Waals surface area contributed by atoms with Gasteiger partial charge in [0.1, 0.15) is 0 Å². The number of ether oxygens (including phenoxy) is 4. The molecule has 0 heterocycles. The maximum Gasteiger partial charge on any atom is 0.207 e. The van der Waals surface area contributed by atoms with Gasteiger partial charge in [-0.1, -0.05) is 0 Å². The van der Waals surface area contributed by atoms with E-state index in [-0.39, 0.29) is 5.78 Å². The molecule has 0 unspecified atom stereocenters. The van der Waals surface area contributed by atoms with Gasteiger partial charge >= 0.3 is 0 Å². The summed E-state index contributed by atoms with van der Waals surface area (Å²) in [6, 6.07) is 1.72. The number of carbonyl (C=O) groups excluding carboxylic acids is 1. The Kier molecular flexibility index (Phi) is 5.23. The zero-order valence-electron chi connectivity index (χ0n) is 11.8. The van der Waals surface area contributed by atoms with Crippen LogP contribution in [0, 0.1) is 0 Å². The van der Waals surface area contributed by atoms with Crippen LogP contribution in [0.4, 0.5) is 0 Å². The second-order valence-electron chi connectivity index (χ2n) is 3.71. The molecule has 0 aliphatic carbocycles. The molecule has 0 aromatic heterocycles. The summed E-state index contributed by atoms with van der Waals surface area (Å²) in [6.45, 7) is 1.47. The molecule has 0 saturated heterocycles. The van der Waals surface area contributed by atoms with Crippen molar-refractivity contribution in [2.75, 3.05) is 28.4 Å². The van der Waals surface area contributed by atoms with E-state index in [0.717, 1.165) is 0 Å². The van der Waals surface area contributed by atoms with Crippen LogP contribution in [0.15, 0.2) is 12.1 Å². The second-order valence-corrected chi connectivity index (χ2v) is 3.71. The molecule has 1 aromatic carbocycles. The fraction of sp³-hybridized carbons (Fsp3) is 0.357. The van der Waals surface area contributed by atoms with Crippen LogP contribution in [0.2, 0.25) is 0 Å². The van der Waals surface area contributed by atoms with Crippen molar-refractivity contribution >= 4 is 11.9 Å². The first-order valence-electron chi connectivity index (χ1n) is 5.64. The number of carbonyl (C=O) groups is 1. The molecule has 0 N–H and O–H groups in total. The van der Waals surface area contributed by atoms with Gasteiger partial charge < -0.3 is 18.9 Å². The Hall–Kier alpha value is -2.17. The summed E-state index contributed by atoms with van der Waals surface area (Å²) in [4.78, 5) is 11.0. The summed E-state index contributed by atoms with van der Waals surface area (Å²) in [5, 5.41) is 0. The van der Waals surface area contributed by atoms with E-state index in [1.165, 1.54) is 41.4 Å². The third kappa shape index (κ3) is 3.19. The molecule has 0 saturated carbocycles. The Labute approximate surface area is 112 Å².